The number of rotatable bonds is 5. The van der Waals surface area contributed by atoms with Crippen molar-refractivity contribution in [3.05, 3.63) is 71.1 Å². The maximum absolute atomic E-state index is 11.9. The first-order valence-corrected chi connectivity index (χ1v) is 7.93. The van der Waals surface area contributed by atoms with Gasteiger partial charge in [0.2, 0.25) is 5.91 Å². The SMILES string of the molecule is O=C(CSc1nn(-c2ccccc2)c(=O)[nH]1)Nc1ccccc1. The summed E-state index contributed by atoms with van der Waals surface area (Å²) in [6.45, 7) is 0. The Labute approximate surface area is 136 Å². The molecule has 0 saturated heterocycles. The lowest BCUT2D eigenvalue weighted by atomic mass is 10.3. The van der Waals surface area contributed by atoms with Crippen LogP contribution in [0.25, 0.3) is 5.69 Å². The molecule has 0 bridgehead atoms. The van der Waals surface area contributed by atoms with Crippen LogP contribution >= 0.6 is 11.8 Å². The first-order chi connectivity index (χ1) is 11.2. The van der Waals surface area contributed by atoms with Gasteiger partial charge in [0.1, 0.15) is 0 Å². The van der Waals surface area contributed by atoms with Gasteiger partial charge in [-0.3, -0.25) is 9.78 Å². The third-order valence-corrected chi connectivity index (χ3v) is 3.86. The van der Waals surface area contributed by atoms with Gasteiger partial charge in [-0.15, -0.1) is 5.10 Å². The number of thioether (sulfide) groups is 1. The molecule has 116 valence electrons. The van der Waals surface area contributed by atoms with Crippen LogP contribution in [0, 0.1) is 0 Å². The number of amides is 1. The molecule has 2 aromatic carbocycles. The van der Waals surface area contributed by atoms with Crippen molar-refractivity contribution in [2.75, 3.05) is 11.1 Å². The lowest BCUT2D eigenvalue weighted by Crippen LogP contribution is -2.15. The molecule has 3 aromatic rings. The van der Waals surface area contributed by atoms with E-state index in [4.69, 9.17) is 0 Å². The Balaban J connectivity index is 1.63. The third kappa shape index (κ3) is 3.89. The van der Waals surface area contributed by atoms with Gasteiger partial charge < -0.3 is 5.32 Å². The molecule has 2 N–H and O–H groups in total. The number of benzene rings is 2. The van der Waals surface area contributed by atoms with E-state index in [0.29, 0.717) is 10.8 Å². The number of aromatic amines is 1. The van der Waals surface area contributed by atoms with Crippen LogP contribution in [-0.4, -0.2) is 26.4 Å². The Hall–Kier alpha value is -2.80. The van der Waals surface area contributed by atoms with Crippen LogP contribution in [-0.2, 0) is 4.79 Å². The fourth-order valence-corrected chi connectivity index (χ4v) is 2.61. The first-order valence-electron chi connectivity index (χ1n) is 6.95. The molecule has 0 aliphatic heterocycles. The minimum Gasteiger partial charge on any atom is -0.325 e. The van der Waals surface area contributed by atoms with Crippen molar-refractivity contribution in [1.29, 1.82) is 0 Å². The van der Waals surface area contributed by atoms with Crippen molar-refractivity contribution >= 4 is 23.4 Å². The van der Waals surface area contributed by atoms with Crippen molar-refractivity contribution in [3.63, 3.8) is 0 Å². The minimum atomic E-state index is -0.331. The molecule has 0 unspecified atom stereocenters. The third-order valence-electron chi connectivity index (χ3n) is 3.00. The number of carbonyl (C=O) groups is 1. The zero-order chi connectivity index (χ0) is 16.1. The van der Waals surface area contributed by atoms with Gasteiger partial charge in [0.15, 0.2) is 5.16 Å². The zero-order valence-corrected chi connectivity index (χ0v) is 12.9. The highest BCUT2D eigenvalue weighted by Gasteiger charge is 2.10. The topological polar surface area (TPSA) is 79.8 Å². The van der Waals surface area contributed by atoms with Crippen LogP contribution in [0.4, 0.5) is 5.69 Å². The van der Waals surface area contributed by atoms with E-state index in [1.54, 1.807) is 12.1 Å². The molecule has 0 radical (unpaired) electrons. The van der Waals surface area contributed by atoms with Crippen molar-refractivity contribution in [1.82, 2.24) is 14.8 Å². The van der Waals surface area contributed by atoms with E-state index in [-0.39, 0.29) is 17.3 Å². The van der Waals surface area contributed by atoms with E-state index in [9.17, 15) is 9.59 Å². The highest BCUT2D eigenvalue weighted by molar-refractivity contribution is 7.99. The molecule has 1 amide bonds. The number of hydrogen-bond donors (Lipinski definition) is 2. The second-order valence-electron chi connectivity index (χ2n) is 4.69. The minimum absolute atomic E-state index is 0.156. The second kappa shape index (κ2) is 6.97. The average molecular weight is 326 g/mol. The second-order valence-corrected chi connectivity index (χ2v) is 5.65. The van der Waals surface area contributed by atoms with E-state index in [1.807, 2.05) is 48.5 Å². The molecule has 6 nitrogen and oxygen atoms in total. The summed E-state index contributed by atoms with van der Waals surface area (Å²) < 4.78 is 1.28. The largest absolute Gasteiger partial charge is 0.348 e. The molecular formula is C16H14N4O2S. The number of nitrogens with one attached hydrogen (secondary N) is 2. The quantitative estimate of drug-likeness (QED) is 0.705. The molecule has 0 fully saturated rings. The van der Waals surface area contributed by atoms with Gasteiger partial charge in [-0.2, -0.15) is 4.68 Å². The van der Waals surface area contributed by atoms with Crippen LogP contribution in [0.3, 0.4) is 0 Å². The number of hydrogen-bond acceptors (Lipinski definition) is 4. The first kappa shape index (κ1) is 15.1. The summed E-state index contributed by atoms with van der Waals surface area (Å²) in [5.41, 5.74) is 1.08. The van der Waals surface area contributed by atoms with Gasteiger partial charge >= 0.3 is 5.69 Å². The van der Waals surface area contributed by atoms with Crippen LogP contribution in [0.2, 0.25) is 0 Å². The van der Waals surface area contributed by atoms with Gasteiger partial charge in [-0.1, -0.05) is 48.2 Å². The van der Waals surface area contributed by atoms with Crippen molar-refractivity contribution in [2.45, 2.75) is 5.16 Å². The monoisotopic (exact) mass is 326 g/mol. The lowest BCUT2D eigenvalue weighted by Gasteiger charge is -2.03. The molecule has 23 heavy (non-hydrogen) atoms. The number of para-hydroxylation sites is 2. The summed E-state index contributed by atoms with van der Waals surface area (Å²) in [7, 11) is 0. The van der Waals surface area contributed by atoms with Crippen molar-refractivity contribution < 1.29 is 4.79 Å². The van der Waals surface area contributed by atoms with Gasteiger partial charge in [-0.25, -0.2) is 4.79 Å². The maximum atomic E-state index is 11.9. The summed E-state index contributed by atoms with van der Waals surface area (Å²) in [5, 5.41) is 7.37. The highest BCUT2D eigenvalue weighted by Crippen LogP contribution is 2.13. The predicted octanol–water partition coefficient (Wildman–Crippen LogP) is 2.29. The molecular weight excluding hydrogens is 312 g/mol. The predicted molar refractivity (Wildman–Crippen MR) is 90.0 cm³/mol. The number of aromatic nitrogens is 3. The van der Waals surface area contributed by atoms with E-state index < -0.39 is 0 Å². The average Bonchev–Trinajstić information content (AvgIpc) is 2.96. The lowest BCUT2D eigenvalue weighted by molar-refractivity contribution is -0.113. The summed E-state index contributed by atoms with van der Waals surface area (Å²) in [6, 6.07) is 18.3. The number of carbonyl (C=O) groups excluding carboxylic acids is 1. The smallest absolute Gasteiger partial charge is 0.325 e. The molecule has 0 spiro atoms. The van der Waals surface area contributed by atoms with E-state index >= 15 is 0 Å². The van der Waals surface area contributed by atoms with Gasteiger partial charge in [0.05, 0.1) is 11.4 Å². The fraction of sp³-hybridized carbons (Fsp3) is 0.0625. The van der Waals surface area contributed by atoms with Crippen LogP contribution in [0.5, 0.6) is 0 Å². The van der Waals surface area contributed by atoms with E-state index in [1.165, 1.54) is 16.4 Å². The van der Waals surface area contributed by atoms with Gasteiger partial charge in [0.25, 0.3) is 0 Å². The molecule has 0 saturated carbocycles. The summed E-state index contributed by atoms with van der Waals surface area (Å²) in [4.78, 5) is 26.4. The Morgan fingerprint density at radius 3 is 2.43 bits per heavy atom. The molecule has 7 heteroatoms. The molecule has 0 atom stereocenters. The van der Waals surface area contributed by atoms with Crippen molar-refractivity contribution in [2.24, 2.45) is 0 Å². The normalized spacial score (nSPS) is 10.4. The van der Waals surface area contributed by atoms with Crippen molar-refractivity contribution in [3.8, 4) is 5.69 Å². The van der Waals surface area contributed by atoms with E-state index in [0.717, 1.165) is 5.69 Å². The maximum Gasteiger partial charge on any atom is 0.348 e. The van der Waals surface area contributed by atoms with E-state index in [2.05, 4.69) is 15.4 Å². The Bertz CT molecular complexity index is 843. The molecule has 1 heterocycles. The Morgan fingerprint density at radius 2 is 1.74 bits per heavy atom. The number of H-pyrrole nitrogens is 1. The summed E-state index contributed by atoms with van der Waals surface area (Å²) in [5.74, 6) is 0.00714. The van der Waals surface area contributed by atoms with Gasteiger partial charge in [-0.05, 0) is 24.3 Å². The number of nitrogens with zero attached hydrogens (tertiary/aromatic N) is 2. The standard InChI is InChI=1S/C16H14N4O2S/c21-14(17-12-7-3-1-4-8-12)11-23-15-18-16(22)20(19-15)13-9-5-2-6-10-13/h1-10H,11H2,(H,17,21)(H,18,19,22). The van der Waals surface area contributed by atoms with Crippen LogP contribution in [0.1, 0.15) is 0 Å². The number of anilines is 1. The fourth-order valence-electron chi connectivity index (χ4n) is 1.97. The van der Waals surface area contributed by atoms with Crippen LogP contribution < -0.4 is 11.0 Å². The summed E-state index contributed by atoms with van der Waals surface area (Å²) >= 11 is 1.18. The van der Waals surface area contributed by atoms with Gasteiger partial charge in [0, 0.05) is 5.69 Å². The molecule has 0 aliphatic carbocycles. The van der Waals surface area contributed by atoms with Crippen LogP contribution in [0.15, 0.2) is 70.6 Å². The zero-order valence-electron chi connectivity index (χ0n) is 12.1. The highest BCUT2D eigenvalue weighted by atomic mass is 32.2. The Kier molecular flexibility index (Phi) is 4.58. The molecule has 0 aliphatic rings. The molecule has 3 rings (SSSR count). The Morgan fingerprint density at radius 1 is 1.09 bits per heavy atom. The molecule has 1 aromatic heterocycles. The summed E-state index contributed by atoms with van der Waals surface area (Å²) in [6.07, 6.45) is 0.